The van der Waals surface area contributed by atoms with Crippen molar-refractivity contribution in [3.05, 3.63) is 41.4 Å². The standard InChI is InChI=1S/C13H10F4N6/c1-6-10(14)11(23-12(19-6)20-7(2)22-23)21-8-3-4-9(18-5-8)13(15,16)17/h3-5,21H,1-2H3. The van der Waals surface area contributed by atoms with E-state index in [2.05, 4.69) is 25.4 Å². The predicted octanol–water partition coefficient (Wildman–Crippen LogP) is 3.04. The monoisotopic (exact) mass is 326 g/mol. The average Bonchev–Trinajstić information content (AvgIpc) is 2.83. The van der Waals surface area contributed by atoms with Crippen LogP contribution < -0.4 is 5.32 Å². The lowest BCUT2D eigenvalue weighted by Crippen LogP contribution is -2.09. The van der Waals surface area contributed by atoms with Crippen molar-refractivity contribution in [3.8, 4) is 0 Å². The van der Waals surface area contributed by atoms with Gasteiger partial charge in [-0.25, -0.2) is 14.4 Å². The Labute approximate surface area is 127 Å². The number of halogens is 4. The molecule has 3 rings (SSSR count). The highest BCUT2D eigenvalue weighted by Crippen LogP contribution is 2.29. The summed E-state index contributed by atoms with van der Waals surface area (Å²) >= 11 is 0. The number of hydrogen-bond donors (Lipinski definition) is 1. The van der Waals surface area contributed by atoms with Crippen molar-refractivity contribution in [2.24, 2.45) is 0 Å². The topological polar surface area (TPSA) is 68.0 Å². The Balaban J connectivity index is 2.03. The van der Waals surface area contributed by atoms with Crippen molar-refractivity contribution >= 4 is 17.3 Å². The van der Waals surface area contributed by atoms with Gasteiger partial charge in [0.2, 0.25) is 0 Å². The fraction of sp³-hybridized carbons (Fsp3) is 0.231. The van der Waals surface area contributed by atoms with Crippen molar-refractivity contribution in [2.45, 2.75) is 20.0 Å². The minimum atomic E-state index is -4.53. The van der Waals surface area contributed by atoms with E-state index in [1.165, 1.54) is 6.92 Å². The minimum absolute atomic E-state index is 0.0744. The van der Waals surface area contributed by atoms with Crippen LogP contribution in [0.5, 0.6) is 0 Å². The van der Waals surface area contributed by atoms with Crippen LogP contribution in [0.25, 0.3) is 5.78 Å². The smallest absolute Gasteiger partial charge is 0.336 e. The van der Waals surface area contributed by atoms with Crippen LogP contribution in [0, 0.1) is 19.7 Å². The highest BCUT2D eigenvalue weighted by Gasteiger charge is 2.32. The first kappa shape index (κ1) is 15.1. The predicted molar refractivity (Wildman–Crippen MR) is 72.7 cm³/mol. The van der Waals surface area contributed by atoms with Gasteiger partial charge in [-0.15, -0.1) is 5.10 Å². The fourth-order valence-corrected chi connectivity index (χ4v) is 1.97. The highest BCUT2D eigenvalue weighted by atomic mass is 19.4. The third-order valence-electron chi connectivity index (χ3n) is 3.02. The normalized spacial score (nSPS) is 11.9. The van der Waals surface area contributed by atoms with Crippen molar-refractivity contribution in [1.29, 1.82) is 0 Å². The molecule has 0 aromatic carbocycles. The van der Waals surface area contributed by atoms with E-state index in [9.17, 15) is 17.6 Å². The third kappa shape index (κ3) is 2.79. The van der Waals surface area contributed by atoms with E-state index >= 15 is 0 Å². The number of fused-ring (bicyclic) bond motifs is 1. The Bertz CT molecular complexity index is 869. The Hall–Kier alpha value is -2.78. The van der Waals surface area contributed by atoms with Crippen molar-refractivity contribution in [3.63, 3.8) is 0 Å². The number of nitrogens with one attached hydrogen (secondary N) is 1. The third-order valence-corrected chi connectivity index (χ3v) is 3.02. The fourth-order valence-electron chi connectivity index (χ4n) is 1.97. The first-order chi connectivity index (χ1) is 10.8. The molecule has 0 radical (unpaired) electrons. The number of aryl methyl sites for hydroxylation is 2. The molecule has 3 aromatic heterocycles. The van der Waals surface area contributed by atoms with Gasteiger partial charge in [0.25, 0.3) is 5.78 Å². The zero-order valence-corrected chi connectivity index (χ0v) is 12.0. The number of hydrogen-bond acceptors (Lipinski definition) is 5. The van der Waals surface area contributed by atoms with Gasteiger partial charge in [0, 0.05) is 0 Å². The number of nitrogens with zero attached hydrogens (tertiary/aromatic N) is 5. The molecule has 3 aromatic rings. The van der Waals surface area contributed by atoms with Crippen LogP contribution in [0.15, 0.2) is 18.3 Å². The van der Waals surface area contributed by atoms with Crippen molar-refractivity contribution < 1.29 is 17.6 Å². The molecular formula is C13H10F4N6. The molecule has 0 saturated carbocycles. The summed E-state index contributed by atoms with van der Waals surface area (Å²) in [6, 6.07) is 1.96. The summed E-state index contributed by atoms with van der Waals surface area (Å²) in [7, 11) is 0. The number of alkyl halides is 3. The van der Waals surface area contributed by atoms with Gasteiger partial charge in [-0.2, -0.15) is 22.7 Å². The van der Waals surface area contributed by atoms with Gasteiger partial charge < -0.3 is 5.32 Å². The molecule has 3 heterocycles. The number of rotatable bonds is 2. The second kappa shape index (κ2) is 5.14. The van der Waals surface area contributed by atoms with E-state index in [1.807, 2.05) is 0 Å². The van der Waals surface area contributed by atoms with Crippen LogP contribution in [-0.2, 0) is 6.18 Å². The van der Waals surface area contributed by atoms with Crippen molar-refractivity contribution in [1.82, 2.24) is 24.6 Å². The van der Waals surface area contributed by atoms with Gasteiger partial charge >= 0.3 is 6.18 Å². The van der Waals surface area contributed by atoms with Gasteiger partial charge in [0.05, 0.1) is 17.6 Å². The molecule has 0 bridgehead atoms. The largest absolute Gasteiger partial charge is 0.433 e. The molecule has 6 nitrogen and oxygen atoms in total. The molecule has 0 aliphatic rings. The van der Waals surface area contributed by atoms with E-state index < -0.39 is 17.7 Å². The first-order valence-corrected chi connectivity index (χ1v) is 6.45. The molecular weight excluding hydrogens is 316 g/mol. The second-order valence-corrected chi connectivity index (χ2v) is 4.79. The molecule has 0 unspecified atom stereocenters. The second-order valence-electron chi connectivity index (χ2n) is 4.79. The molecule has 0 aliphatic carbocycles. The minimum Gasteiger partial charge on any atom is -0.336 e. The summed E-state index contributed by atoms with van der Waals surface area (Å²) in [6.07, 6.45) is -3.57. The number of aromatic nitrogens is 5. The maximum Gasteiger partial charge on any atom is 0.433 e. The van der Waals surface area contributed by atoms with Gasteiger partial charge in [-0.1, -0.05) is 0 Å². The van der Waals surface area contributed by atoms with E-state index in [4.69, 9.17) is 0 Å². The summed E-state index contributed by atoms with van der Waals surface area (Å²) in [4.78, 5) is 11.3. The zero-order chi connectivity index (χ0) is 16.8. The van der Waals surface area contributed by atoms with Gasteiger partial charge in [0.15, 0.2) is 11.6 Å². The van der Waals surface area contributed by atoms with Gasteiger partial charge in [0.1, 0.15) is 11.5 Å². The summed E-state index contributed by atoms with van der Waals surface area (Å²) in [6.45, 7) is 3.07. The summed E-state index contributed by atoms with van der Waals surface area (Å²) in [5.74, 6) is -0.183. The molecule has 10 heteroatoms. The van der Waals surface area contributed by atoms with E-state index in [1.54, 1.807) is 6.92 Å². The van der Waals surface area contributed by atoms with Crippen LogP contribution in [-0.4, -0.2) is 24.6 Å². The number of pyridine rings is 1. The quantitative estimate of drug-likeness (QED) is 0.733. The Morgan fingerprint density at radius 1 is 1.13 bits per heavy atom. The Morgan fingerprint density at radius 3 is 2.48 bits per heavy atom. The van der Waals surface area contributed by atoms with Crippen molar-refractivity contribution in [2.75, 3.05) is 5.32 Å². The molecule has 23 heavy (non-hydrogen) atoms. The zero-order valence-electron chi connectivity index (χ0n) is 12.0. The lowest BCUT2D eigenvalue weighted by atomic mass is 10.3. The molecule has 120 valence electrons. The maximum atomic E-state index is 14.3. The summed E-state index contributed by atoms with van der Waals surface area (Å²) in [5, 5.41) is 6.67. The Morgan fingerprint density at radius 2 is 1.87 bits per heavy atom. The molecule has 0 aliphatic heterocycles. The van der Waals surface area contributed by atoms with E-state index in [-0.39, 0.29) is 23.0 Å². The molecule has 1 N–H and O–H groups in total. The summed E-state index contributed by atoms with van der Waals surface area (Å²) < 4.78 is 52.9. The molecule has 0 fully saturated rings. The lowest BCUT2D eigenvalue weighted by Gasteiger charge is -2.11. The SMILES string of the molecule is Cc1nc2nc(C)c(F)c(Nc3ccc(C(F)(F)F)nc3)n2n1. The average molecular weight is 326 g/mol. The van der Waals surface area contributed by atoms with Crippen LogP contribution in [0.1, 0.15) is 17.2 Å². The highest BCUT2D eigenvalue weighted by molar-refractivity contribution is 5.58. The Kier molecular flexibility index (Phi) is 3.38. The van der Waals surface area contributed by atoms with Crippen LogP contribution in [0.2, 0.25) is 0 Å². The maximum absolute atomic E-state index is 14.3. The molecule has 0 amide bonds. The van der Waals surface area contributed by atoms with Gasteiger partial charge in [-0.05, 0) is 26.0 Å². The van der Waals surface area contributed by atoms with Crippen LogP contribution in [0.4, 0.5) is 29.1 Å². The molecule has 0 spiro atoms. The summed E-state index contributed by atoms with van der Waals surface area (Å²) in [5.41, 5.74) is -0.764. The lowest BCUT2D eigenvalue weighted by molar-refractivity contribution is -0.141. The number of anilines is 2. The van der Waals surface area contributed by atoms with E-state index in [0.29, 0.717) is 5.82 Å². The molecule has 0 saturated heterocycles. The molecule has 0 atom stereocenters. The van der Waals surface area contributed by atoms with E-state index in [0.717, 1.165) is 22.8 Å². The van der Waals surface area contributed by atoms with Crippen LogP contribution >= 0.6 is 0 Å². The van der Waals surface area contributed by atoms with Gasteiger partial charge in [-0.3, -0.25) is 0 Å². The first-order valence-electron chi connectivity index (χ1n) is 6.45. The van der Waals surface area contributed by atoms with Crippen LogP contribution in [0.3, 0.4) is 0 Å².